The third kappa shape index (κ3) is 3.65. The Labute approximate surface area is 140 Å². The summed E-state index contributed by atoms with van der Waals surface area (Å²) >= 11 is 0. The fourth-order valence-corrected chi connectivity index (χ4v) is 2.88. The van der Waals surface area contributed by atoms with Crippen molar-refractivity contribution in [1.29, 1.82) is 5.26 Å². The first-order valence-electron chi connectivity index (χ1n) is 8.05. The molecule has 0 bridgehead atoms. The van der Waals surface area contributed by atoms with Crippen LogP contribution in [-0.2, 0) is 20.9 Å². The van der Waals surface area contributed by atoms with Gasteiger partial charge in [-0.05, 0) is 44.7 Å². The molecule has 2 heterocycles. The first kappa shape index (κ1) is 17.7. The van der Waals surface area contributed by atoms with E-state index in [0.29, 0.717) is 18.5 Å². The maximum atomic E-state index is 12.6. The molecule has 2 rings (SSSR count). The van der Waals surface area contributed by atoms with E-state index in [0.717, 1.165) is 12.8 Å². The van der Waals surface area contributed by atoms with Crippen LogP contribution in [0, 0.1) is 18.3 Å². The van der Waals surface area contributed by atoms with Crippen molar-refractivity contribution in [3.05, 3.63) is 33.7 Å². The Kier molecular flexibility index (Phi) is 5.74. The third-order valence-electron chi connectivity index (χ3n) is 4.17. The number of nitrogens with zero attached hydrogens (tertiary/aromatic N) is 3. The Morgan fingerprint density at radius 1 is 1.42 bits per heavy atom. The lowest BCUT2D eigenvalue weighted by atomic mass is 10.0. The van der Waals surface area contributed by atoms with Gasteiger partial charge >= 0.3 is 5.97 Å². The summed E-state index contributed by atoms with van der Waals surface area (Å²) in [6, 6.07) is 2.90. The Morgan fingerprint density at radius 2 is 2.17 bits per heavy atom. The second-order valence-electron chi connectivity index (χ2n) is 5.77. The normalized spacial score (nSPS) is 17.2. The van der Waals surface area contributed by atoms with E-state index in [1.165, 1.54) is 15.7 Å². The molecule has 0 spiro atoms. The number of hydrogen-bond acceptors (Lipinski definition) is 5. The van der Waals surface area contributed by atoms with Crippen LogP contribution in [0.5, 0.6) is 0 Å². The number of amides is 1. The highest BCUT2D eigenvalue weighted by Gasteiger charge is 2.33. The zero-order chi connectivity index (χ0) is 17.7. The summed E-state index contributed by atoms with van der Waals surface area (Å²) in [5.41, 5.74) is 0.120. The largest absolute Gasteiger partial charge is 0.464 e. The highest BCUT2D eigenvalue weighted by molar-refractivity contribution is 5.84. The Bertz CT molecular complexity index is 732. The lowest BCUT2D eigenvalue weighted by molar-refractivity contribution is -0.156. The number of nitriles is 1. The van der Waals surface area contributed by atoms with Crippen LogP contribution in [0.25, 0.3) is 0 Å². The standard InChI is InChI=1S/C17H21N3O4/c1-3-24-17(23)14-6-4-5-8-20(14)15(21)11-19-9-7-12(2)13(10-18)16(19)22/h7,9,14H,3-6,8,11H2,1-2H3/t14-/m0/s1. The molecule has 0 unspecified atom stereocenters. The molecule has 128 valence electrons. The van der Waals surface area contributed by atoms with Crippen molar-refractivity contribution in [2.75, 3.05) is 13.2 Å². The summed E-state index contributed by atoms with van der Waals surface area (Å²) in [5.74, 6) is -0.720. The van der Waals surface area contributed by atoms with Gasteiger partial charge in [0, 0.05) is 12.7 Å². The summed E-state index contributed by atoms with van der Waals surface area (Å²) in [6.07, 6.45) is 3.74. The SMILES string of the molecule is CCOC(=O)[C@@H]1CCCCN1C(=O)Cn1ccc(C)c(C#N)c1=O. The summed E-state index contributed by atoms with van der Waals surface area (Å²) in [4.78, 5) is 38.4. The molecule has 1 aliphatic heterocycles. The van der Waals surface area contributed by atoms with Crippen LogP contribution in [0.1, 0.15) is 37.3 Å². The van der Waals surface area contributed by atoms with Gasteiger partial charge in [0.2, 0.25) is 5.91 Å². The van der Waals surface area contributed by atoms with Crippen molar-refractivity contribution in [2.45, 2.75) is 45.7 Å². The first-order valence-corrected chi connectivity index (χ1v) is 8.05. The van der Waals surface area contributed by atoms with E-state index in [9.17, 15) is 14.4 Å². The maximum Gasteiger partial charge on any atom is 0.328 e. The lowest BCUT2D eigenvalue weighted by Crippen LogP contribution is -2.50. The average Bonchev–Trinajstić information content (AvgIpc) is 2.58. The zero-order valence-corrected chi connectivity index (χ0v) is 13.9. The number of rotatable bonds is 4. The summed E-state index contributed by atoms with van der Waals surface area (Å²) in [6.45, 7) is 3.94. The van der Waals surface area contributed by atoms with Crippen LogP contribution in [-0.4, -0.2) is 40.5 Å². The van der Waals surface area contributed by atoms with Gasteiger partial charge in [-0.15, -0.1) is 0 Å². The smallest absolute Gasteiger partial charge is 0.328 e. The van der Waals surface area contributed by atoms with E-state index in [2.05, 4.69) is 0 Å². The molecule has 0 radical (unpaired) electrons. The molecular weight excluding hydrogens is 310 g/mol. The molecule has 7 heteroatoms. The van der Waals surface area contributed by atoms with E-state index in [1.807, 2.05) is 6.07 Å². The van der Waals surface area contributed by atoms with Gasteiger partial charge in [0.05, 0.1) is 6.61 Å². The van der Waals surface area contributed by atoms with Gasteiger partial charge in [0.15, 0.2) is 0 Å². The van der Waals surface area contributed by atoms with E-state index in [-0.39, 0.29) is 24.6 Å². The quantitative estimate of drug-likeness (QED) is 0.767. The van der Waals surface area contributed by atoms with Gasteiger partial charge in [-0.25, -0.2) is 4.79 Å². The number of esters is 1. The molecule has 1 atom stereocenters. The van der Waals surface area contributed by atoms with Gasteiger partial charge < -0.3 is 14.2 Å². The molecule has 0 aromatic carbocycles. The monoisotopic (exact) mass is 331 g/mol. The molecule has 0 N–H and O–H groups in total. The second-order valence-corrected chi connectivity index (χ2v) is 5.77. The topological polar surface area (TPSA) is 92.4 Å². The number of pyridine rings is 1. The number of piperidine rings is 1. The van der Waals surface area contributed by atoms with Gasteiger partial charge in [-0.3, -0.25) is 9.59 Å². The van der Waals surface area contributed by atoms with Crippen molar-refractivity contribution in [1.82, 2.24) is 9.47 Å². The van der Waals surface area contributed by atoms with Crippen molar-refractivity contribution in [2.24, 2.45) is 0 Å². The van der Waals surface area contributed by atoms with Gasteiger partial charge in [-0.2, -0.15) is 5.26 Å². The molecular formula is C17H21N3O4. The number of ether oxygens (including phenoxy) is 1. The number of aryl methyl sites for hydroxylation is 1. The fourth-order valence-electron chi connectivity index (χ4n) is 2.88. The molecule has 0 saturated carbocycles. The lowest BCUT2D eigenvalue weighted by Gasteiger charge is -2.34. The molecule has 7 nitrogen and oxygen atoms in total. The predicted octanol–water partition coefficient (Wildman–Crippen LogP) is 0.973. The Balaban J connectivity index is 2.21. The molecule has 1 aromatic rings. The van der Waals surface area contributed by atoms with E-state index in [4.69, 9.17) is 10.00 Å². The van der Waals surface area contributed by atoms with Crippen LogP contribution in [0.3, 0.4) is 0 Å². The number of carbonyl (C=O) groups excluding carboxylic acids is 2. The maximum absolute atomic E-state index is 12.6. The number of carbonyl (C=O) groups is 2. The Morgan fingerprint density at radius 3 is 2.83 bits per heavy atom. The molecule has 1 saturated heterocycles. The minimum Gasteiger partial charge on any atom is -0.464 e. The summed E-state index contributed by atoms with van der Waals surface area (Å²) < 4.78 is 6.26. The molecule has 1 aromatic heterocycles. The first-order chi connectivity index (χ1) is 11.5. The Hall–Kier alpha value is -2.62. The van der Waals surface area contributed by atoms with E-state index in [1.54, 1.807) is 19.9 Å². The van der Waals surface area contributed by atoms with Crippen LogP contribution in [0.4, 0.5) is 0 Å². The number of hydrogen-bond donors (Lipinski definition) is 0. The molecule has 0 aliphatic carbocycles. The highest BCUT2D eigenvalue weighted by Crippen LogP contribution is 2.19. The van der Waals surface area contributed by atoms with Gasteiger partial charge in [-0.1, -0.05) is 0 Å². The molecule has 1 amide bonds. The molecule has 24 heavy (non-hydrogen) atoms. The van der Waals surface area contributed by atoms with Crippen molar-refractivity contribution < 1.29 is 14.3 Å². The van der Waals surface area contributed by atoms with Crippen molar-refractivity contribution >= 4 is 11.9 Å². The zero-order valence-electron chi connectivity index (χ0n) is 13.9. The summed E-state index contributed by atoms with van der Waals surface area (Å²) in [7, 11) is 0. The van der Waals surface area contributed by atoms with Crippen molar-refractivity contribution in [3.63, 3.8) is 0 Å². The van der Waals surface area contributed by atoms with E-state index < -0.39 is 17.6 Å². The van der Waals surface area contributed by atoms with Crippen LogP contribution < -0.4 is 5.56 Å². The number of aromatic nitrogens is 1. The minimum atomic E-state index is -0.595. The predicted molar refractivity (Wildman–Crippen MR) is 86.1 cm³/mol. The number of likely N-dealkylation sites (tertiary alicyclic amines) is 1. The fraction of sp³-hybridized carbons (Fsp3) is 0.529. The second kappa shape index (κ2) is 7.77. The van der Waals surface area contributed by atoms with E-state index >= 15 is 0 Å². The molecule has 1 fully saturated rings. The van der Waals surface area contributed by atoms with Gasteiger partial charge in [0.1, 0.15) is 24.2 Å². The minimum absolute atomic E-state index is 0.0332. The highest BCUT2D eigenvalue weighted by atomic mass is 16.5. The van der Waals surface area contributed by atoms with Crippen LogP contribution in [0.15, 0.2) is 17.1 Å². The van der Waals surface area contributed by atoms with Crippen LogP contribution >= 0.6 is 0 Å². The van der Waals surface area contributed by atoms with Crippen molar-refractivity contribution in [3.8, 4) is 6.07 Å². The molecule has 1 aliphatic rings. The third-order valence-corrected chi connectivity index (χ3v) is 4.17. The summed E-state index contributed by atoms with van der Waals surface area (Å²) in [5, 5.41) is 9.06. The average molecular weight is 331 g/mol. The van der Waals surface area contributed by atoms with Crippen LogP contribution in [0.2, 0.25) is 0 Å². The van der Waals surface area contributed by atoms with Gasteiger partial charge in [0.25, 0.3) is 5.56 Å².